The van der Waals surface area contributed by atoms with E-state index in [1.165, 1.54) is 6.07 Å². The van der Waals surface area contributed by atoms with Crippen molar-refractivity contribution in [1.29, 1.82) is 0 Å². The molecule has 4 heteroatoms. The summed E-state index contributed by atoms with van der Waals surface area (Å²) < 4.78 is 13.5. The Balaban J connectivity index is 2.44. The lowest BCUT2D eigenvalue weighted by atomic mass is 10.00. The van der Waals surface area contributed by atoms with Gasteiger partial charge in [0, 0.05) is 12.4 Å². The maximum atomic E-state index is 13.5. The molecule has 1 N–H and O–H groups in total. The molecule has 0 aliphatic heterocycles. The van der Waals surface area contributed by atoms with Crippen LogP contribution in [0.25, 0.3) is 0 Å². The van der Waals surface area contributed by atoms with Gasteiger partial charge < -0.3 is 5.32 Å². The quantitative estimate of drug-likeness (QED) is 0.917. The van der Waals surface area contributed by atoms with Crippen LogP contribution in [0.15, 0.2) is 30.6 Å². The van der Waals surface area contributed by atoms with Gasteiger partial charge in [0.05, 0.1) is 6.04 Å². The Morgan fingerprint density at radius 1 is 1.21 bits per heavy atom. The first-order chi connectivity index (χ1) is 9.11. The number of nitrogens with one attached hydrogen (secondary N) is 1. The van der Waals surface area contributed by atoms with Gasteiger partial charge in [-0.25, -0.2) is 14.4 Å². The number of rotatable bonds is 4. The zero-order valence-corrected chi connectivity index (χ0v) is 11.4. The lowest BCUT2D eigenvalue weighted by Gasteiger charge is -2.19. The smallest absolute Gasteiger partial charge is 0.149 e. The van der Waals surface area contributed by atoms with Gasteiger partial charge in [0.2, 0.25) is 0 Å². The van der Waals surface area contributed by atoms with Crippen LogP contribution in [0, 0.1) is 19.7 Å². The lowest BCUT2D eigenvalue weighted by Crippen LogP contribution is -2.25. The third kappa shape index (κ3) is 3.15. The summed E-state index contributed by atoms with van der Waals surface area (Å²) in [6.07, 6.45) is 3.56. The van der Waals surface area contributed by atoms with E-state index in [4.69, 9.17) is 0 Å². The number of aryl methyl sites for hydroxylation is 2. The molecule has 0 fully saturated rings. The van der Waals surface area contributed by atoms with Gasteiger partial charge in [0.15, 0.2) is 0 Å². The maximum Gasteiger partial charge on any atom is 0.149 e. The van der Waals surface area contributed by atoms with Gasteiger partial charge in [0.25, 0.3) is 0 Å². The molecule has 3 nitrogen and oxygen atoms in total. The highest BCUT2D eigenvalue weighted by atomic mass is 19.1. The Hall–Kier alpha value is -1.81. The molecule has 0 amide bonds. The normalized spacial score (nSPS) is 12.4. The summed E-state index contributed by atoms with van der Waals surface area (Å²) >= 11 is 0. The zero-order chi connectivity index (χ0) is 13.8. The third-order valence-electron chi connectivity index (χ3n) is 3.02. The molecule has 0 radical (unpaired) electrons. The molecule has 1 heterocycles. The molecule has 0 bridgehead atoms. The molecule has 100 valence electrons. The molecule has 0 aliphatic rings. The van der Waals surface area contributed by atoms with Crippen molar-refractivity contribution in [2.75, 3.05) is 6.54 Å². The Bertz CT molecular complexity index is 552. The van der Waals surface area contributed by atoms with Crippen molar-refractivity contribution >= 4 is 0 Å². The number of hydrogen-bond acceptors (Lipinski definition) is 3. The molecular weight excluding hydrogens is 241 g/mol. The fraction of sp³-hybridized carbons (Fsp3) is 0.333. The van der Waals surface area contributed by atoms with E-state index < -0.39 is 0 Å². The largest absolute Gasteiger partial charge is 0.304 e. The highest BCUT2D eigenvalue weighted by Gasteiger charge is 2.18. The molecule has 1 atom stereocenters. The van der Waals surface area contributed by atoms with Crippen LogP contribution >= 0.6 is 0 Å². The minimum Gasteiger partial charge on any atom is -0.304 e. The van der Waals surface area contributed by atoms with Crippen LogP contribution in [-0.4, -0.2) is 16.5 Å². The van der Waals surface area contributed by atoms with Crippen molar-refractivity contribution in [3.63, 3.8) is 0 Å². The predicted octanol–water partition coefficient (Wildman–Crippen LogP) is 2.93. The minimum absolute atomic E-state index is 0.179. The van der Waals surface area contributed by atoms with Crippen molar-refractivity contribution in [3.05, 3.63) is 58.9 Å². The van der Waals surface area contributed by atoms with Gasteiger partial charge in [-0.1, -0.05) is 13.0 Å². The number of aromatic nitrogens is 2. The van der Waals surface area contributed by atoms with Gasteiger partial charge in [-0.05, 0) is 49.2 Å². The van der Waals surface area contributed by atoms with Crippen LogP contribution in [0.5, 0.6) is 0 Å². The van der Waals surface area contributed by atoms with Crippen LogP contribution in [0.1, 0.15) is 35.5 Å². The predicted molar refractivity (Wildman–Crippen MR) is 73.4 cm³/mol. The van der Waals surface area contributed by atoms with E-state index in [0.717, 1.165) is 23.2 Å². The summed E-state index contributed by atoms with van der Waals surface area (Å²) in [7, 11) is 0. The molecule has 1 aromatic carbocycles. The van der Waals surface area contributed by atoms with Crippen LogP contribution in [0.3, 0.4) is 0 Å². The standard InChI is InChI=1S/C15H18FN3/c1-4-17-14(15-18-8-10(2)9-19-15)13-7-12(16)6-5-11(13)3/h5-9,14,17H,4H2,1-3H3. The zero-order valence-electron chi connectivity index (χ0n) is 11.4. The van der Waals surface area contributed by atoms with Crippen LogP contribution in [0.4, 0.5) is 4.39 Å². The molecular formula is C15H18FN3. The first-order valence-corrected chi connectivity index (χ1v) is 6.39. The Morgan fingerprint density at radius 2 is 1.89 bits per heavy atom. The van der Waals surface area contributed by atoms with Crippen LogP contribution in [-0.2, 0) is 0 Å². The summed E-state index contributed by atoms with van der Waals surface area (Å²) in [5, 5.41) is 3.31. The average Bonchev–Trinajstić information content (AvgIpc) is 2.40. The third-order valence-corrected chi connectivity index (χ3v) is 3.02. The monoisotopic (exact) mass is 259 g/mol. The minimum atomic E-state index is -0.240. The molecule has 0 aliphatic carbocycles. The van der Waals surface area contributed by atoms with Crippen molar-refractivity contribution in [3.8, 4) is 0 Å². The number of benzene rings is 1. The van der Waals surface area contributed by atoms with E-state index in [1.54, 1.807) is 24.5 Å². The second-order valence-electron chi connectivity index (χ2n) is 4.61. The molecule has 0 saturated carbocycles. The highest BCUT2D eigenvalue weighted by molar-refractivity contribution is 5.33. The lowest BCUT2D eigenvalue weighted by molar-refractivity contribution is 0.580. The molecule has 1 aromatic heterocycles. The average molecular weight is 259 g/mol. The highest BCUT2D eigenvalue weighted by Crippen LogP contribution is 2.23. The first kappa shape index (κ1) is 13.6. The van der Waals surface area contributed by atoms with E-state index in [-0.39, 0.29) is 11.9 Å². The van der Waals surface area contributed by atoms with Gasteiger partial charge in [0.1, 0.15) is 11.6 Å². The summed E-state index contributed by atoms with van der Waals surface area (Å²) in [6, 6.07) is 4.62. The number of hydrogen-bond donors (Lipinski definition) is 1. The van der Waals surface area contributed by atoms with E-state index in [1.807, 2.05) is 20.8 Å². The first-order valence-electron chi connectivity index (χ1n) is 6.39. The maximum absolute atomic E-state index is 13.5. The van der Waals surface area contributed by atoms with Gasteiger partial charge >= 0.3 is 0 Å². The summed E-state index contributed by atoms with van der Waals surface area (Å²) in [5.74, 6) is 0.428. The van der Waals surface area contributed by atoms with Crippen LogP contribution in [0.2, 0.25) is 0 Å². The van der Waals surface area contributed by atoms with Gasteiger partial charge in [-0.3, -0.25) is 0 Å². The fourth-order valence-electron chi connectivity index (χ4n) is 2.02. The molecule has 2 rings (SSSR count). The second kappa shape index (κ2) is 5.89. The summed E-state index contributed by atoms with van der Waals surface area (Å²) in [6.45, 7) is 6.68. The van der Waals surface area contributed by atoms with E-state index in [9.17, 15) is 4.39 Å². The Kier molecular flexibility index (Phi) is 4.22. The fourth-order valence-corrected chi connectivity index (χ4v) is 2.02. The molecule has 2 aromatic rings. The van der Waals surface area contributed by atoms with E-state index >= 15 is 0 Å². The topological polar surface area (TPSA) is 37.8 Å². The molecule has 0 saturated heterocycles. The summed E-state index contributed by atoms with van der Waals surface area (Å²) in [5.41, 5.74) is 2.91. The molecule has 1 unspecified atom stereocenters. The van der Waals surface area contributed by atoms with Gasteiger partial charge in [-0.2, -0.15) is 0 Å². The summed E-state index contributed by atoms with van der Waals surface area (Å²) in [4.78, 5) is 8.70. The second-order valence-corrected chi connectivity index (χ2v) is 4.61. The number of halogens is 1. The van der Waals surface area contributed by atoms with Crippen LogP contribution < -0.4 is 5.32 Å². The van der Waals surface area contributed by atoms with Crippen molar-refractivity contribution in [2.45, 2.75) is 26.8 Å². The Morgan fingerprint density at radius 3 is 2.53 bits per heavy atom. The van der Waals surface area contributed by atoms with Crippen molar-refractivity contribution < 1.29 is 4.39 Å². The van der Waals surface area contributed by atoms with E-state index in [0.29, 0.717) is 5.82 Å². The van der Waals surface area contributed by atoms with Crippen molar-refractivity contribution in [1.82, 2.24) is 15.3 Å². The molecule has 0 spiro atoms. The van der Waals surface area contributed by atoms with Crippen molar-refractivity contribution in [2.24, 2.45) is 0 Å². The van der Waals surface area contributed by atoms with E-state index in [2.05, 4.69) is 15.3 Å². The number of nitrogens with zero attached hydrogens (tertiary/aromatic N) is 2. The van der Waals surface area contributed by atoms with Gasteiger partial charge in [-0.15, -0.1) is 0 Å². The molecule has 19 heavy (non-hydrogen) atoms. The SMILES string of the molecule is CCNC(c1ncc(C)cn1)c1cc(F)ccc1C. The Labute approximate surface area is 112 Å².